The first-order chi connectivity index (χ1) is 11.3. The number of nitrogens with zero attached hydrogens (tertiary/aromatic N) is 1. The predicted octanol–water partition coefficient (Wildman–Crippen LogP) is 3.51. The second-order valence-corrected chi connectivity index (χ2v) is 6.02. The average molecular weight is 306 g/mol. The average Bonchev–Trinajstić information content (AvgIpc) is 3.29. The summed E-state index contributed by atoms with van der Waals surface area (Å²) in [7, 11) is 0. The van der Waals surface area contributed by atoms with Gasteiger partial charge in [0.15, 0.2) is 11.5 Å². The van der Waals surface area contributed by atoms with Crippen molar-refractivity contribution in [1.82, 2.24) is 10.3 Å². The van der Waals surface area contributed by atoms with Gasteiger partial charge in [0.05, 0.1) is 0 Å². The Morgan fingerprint density at radius 3 is 2.74 bits per heavy atom. The van der Waals surface area contributed by atoms with Crippen LogP contribution in [0.3, 0.4) is 0 Å². The second-order valence-electron chi connectivity index (χ2n) is 6.02. The van der Waals surface area contributed by atoms with Crippen LogP contribution in [-0.4, -0.2) is 16.9 Å². The van der Waals surface area contributed by atoms with Crippen molar-refractivity contribution in [2.75, 3.05) is 0 Å². The zero-order valence-corrected chi connectivity index (χ0v) is 12.8. The van der Waals surface area contributed by atoms with Gasteiger partial charge in [-0.3, -0.25) is 4.79 Å². The molecular formula is C19H18N2O2. The van der Waals surface area contributed by atoms with Gasteiger partial charge < -0.3 is 9.73 Å². The molecule has 1 fully saturated rings. The topological polar surface area (TPSA) is 55.1 Å². The Balaban J connectivity index is 1.49. The molecule has 0 bridgehead atoms. The van der Waals surface area contributed by atoms with E-state index in [-0.39, 0.29) is 5.91 Å². The molecule has 0 saturated heterocycles. The Kier molecular flexibility index (Phi) is 3.58. The van der Waals surface area contributed by atoms with Crippen molar-refractivity contribution < 1.29 is 9.21 Å². The van der Waals surface area contributed by atoms with Gasteiger partial charge in [-0.25, -0.2) is 4.98 Å². The molecule has 4 nitrogen and oxygen atoms in total. The predicted molar refractivity (Wildman–Crippen MR) is 88.3 cm³/mol. The van der Waals surface area contributed by atoms with Crippen molar-refractivity contribution >= 4 is 17.0 Å². The summed E-state index contributed by atoms with van der Waals surface area (Å²) in [5.74, 6) is 0.681. The van der Waals surface area contributed by atoms with Crippen LogP contribution in [0.1, 0.15) is 34.7 Å². The van der Waals surface area contributed by atoms with E-state index in [1.54, 1.807) is 6.07 Å². The Hall–Kier alpha value is -2.62. The van der Waals surface area contributed by atoms with Gasteiger partial charge >= 0.3 is 0 Å². The molecule has 3 aromatic rings. The molecule has 0 spiro atoms. The maximum absolute atomic E-state index is 12.1. The van der Waals surface area contributed by atoms with Crippen LogP contribution in [0.25, 0.3) is 11.1 Å². The lowest BCUT2D eigenvalue weighted by Gasteiger charge is -2.02. The van der Waals surface area contributed by atoms with Crippen LogP contribution in [0.5, 0.6) is 0 Å². The first kappa shape index (κ1) is 14.0. The molecule has 0 atom stereocenters. The van der Waals surface area contributed by atoms with E-state index in [4.69, 9.17) is 4.42 Å². The number of hydrogen-bond acceptors (Lipinski definition) is 3. The molecule has 4 heteroatoms. The number of carbonyl (C=O) groups excluding carboxylic acids is 1. The summed E-state index contributed by atoms with van der Waals surface area (Å²) in [5.41, 5.74) is 3.38. The third-order valence-corrected chi connectivity index (χ3v) is 4.08. The van der Waals surface area contributed by atoms with Crippen LogP contribution < -0.4 is 5.32 Å². The third-order valence-electron chi connectivity index (χ3n) is 4.08. The summed E-state index contributed by atoms with van der Waals surface area (Å²) in [6.45, 7) is 0. The molecule has 0 aliphatic heterocycles. The van der Waals surface area contributed by atoms with Crippen molar-refractivity contribution in [2.24, 2.45) is 0 Å². The molecule has 1 aromatic heterocycles. The van der Waals surface area contributed by atoms with Crippen LogP contribution in [0.4, 0.5) is 0 Å². The maximum Gasteiger partial charge on any atom is 0.251 e. The first-order valence-electron chi connectivity index (χ1n) is 8.02. The van der Waals surface area contributed by atoms with E-state index in [9.17, 15) is 4.79 Å². The van der Waals surface area contributed by atoms with Gasteiger partial charge in [0.1, 0.15) is 5.52 Å². The highest BCUT2D eigenvalue weighted by Gasteiger charge is 2.24. The molecule has 1 saturated carbocycles. The quantitative estimate of drug-likeness (QED) is 0.785. The number of nitrogens with one attached hydrogen (secondary N) is 1. The number of carbonyl (C=O) groups is 1. The zero-order chi connectivity index (χ0) is 15.6. The van der Waals surface area contributed by atoms with E-state index in [2.05, 4.69) is 22.4 Å². The normalized spacial score (nSPS) is 14.1. The molecule has 2 aromatic carbocycles. The molecule has 1 aliphatic rings. The van der Waals surface area contributed by atoms with Gasteiger partial charge in [-0.2, -0.15) is 0 Å². The number of amides is 1. The van der Waals surface area contributed by atoms with E-state index < -0.39 is 0 Å². The Labute approximate surface area is 134 Å². The standard InChI is InChI=1S/C19H18N2O2/c22-19(20-15-8-9-15)14-7-10-16-17(12-14)23-18(21-16)11-6-13-4-2-1-3-5-13/h1-5,7,10,12,15H,6,8-9,11H2,(H,20,22). The van der Waals surface area contributed by atoms with Crippen LogP contribution in [0.2, 0.25) is 0 Å². The van der Waals surface area contributed by atoms with E-state index >= 15 is 0 Å². The first-order valence-corrected chi connectivity index (χ1v) is 8.02. The number of oxazole rings is 1. The summed E-state index contributed by atoms with van der Waals surface area (Å²) in [5, 5.41) is 2.99. The highest BCUT2D eigenvalue weighted by Crippen LogP contribution is 2.21. The molecule has 1 aliphatic carbocycles. The molecule has 4 rings (SSSR count). The number of benzene rings is 2. The summed E-state index contributed by atoms with van der Waals surface area (Å²) in [6.07, 6.45) is 3.81. The maximum atomic E-state index is 12.1. The van der Waals surface area contributed by atoms with E-state index in [0.29, 0.717) is 23.1 Å². The Bertz CT molecular complexity index is 835. The lowest BCUT2D eigenvalue weighted by atomic mass is 10.1. The summed E-state index contributed by atoms with van der Waals surface area (Å²) in [4.78, 5) is 16.6. The van der Waals surface area contributed by atoms with Crippen molar-refractivity contribution in [2.45, 2.75) is 31.7 Å². The molecule has 0 unspecified atom stereocenters. The second kappa shape index (κ2) is 5.88. The largest absolute Gasteiger partial charge is 0.441 e. The monoisotopic (exact) mass is 306 g/mol. The fraction of sp³-hybridized carbons (Fsp3) is 0.263. The number of fused-ring (bicyclic) bond motifs is 1. The minimum absolute atomic E-state index is 0.0309. The minimum atomic E-state index is -0.0309. The van der Waals surface area contributed by atoms with Gasteiger partial charge in [0.25, 0.3) is 5.91 Å². The zero-order valence-electron chi connectivity index (χ0n) is 12.8. The lowest BCUT2D eigenvalue weighted by Crippen LogP contribution is -2.25. The van der Waals surface area contributed by atoms with Crippen molar-refractivity contribution in [3.63, 3.8) is 0 Å². The molecule has 0 radical (unpaired) electrons. The summed E-state index contributed by atoms with van der Waals surface area (Å²) in [6, 6.07) is 16.1. The van der Waals surface area contributed by atoms with Crippen LogP contribution >= 0.6 is 0 Å². The van der Waals surface area contributed by atoms with Crippen molar-refractivity contribution in [3.8, 4) is 0 Å². The molecule has 116 valence electrons. The lowest BCUT2D eigenvalue weighted by molar-refractivity contribution is 0.0951. The summed E-state index contributed by atoms with van der Waals surface area (Å²) < 4.78 is 5.81. The Morgan fingerprint density at radius 2 is 1.96 bits per heavy atom. The highest BCUT2D eigenvalue weighted by atomic mass is 16.3. The van der Waals surface area contributed by atoms with Crippen LogP contribution in [0.15, 0.2) is 52.9 Å². The number of aryl methyl sites for hydroxylation is 2. The summed E-state index contributed by atoms with van der Waals surface area (Å²) >= 11 is 0. The molecular weight excluding hydrogens is 288 g/mol. The van der Waals surface area contributed by atoms with E-state index in [1.807, 2.05) is 30.3 Å². The number of aromatic nitrogens is 1. The van der Waals surface area contributed by atoms with Crippen molar-refractivity contribution in [3.05, 3.63) is 65.5 Å². The molecule has 1 heterocycles. The fourth-order valence-corrected chi connectivity index (χ4v) is 2.61. The number of hydrogen-bond donors (Lipinski definition) is 1. The Morgan fingerprint density at radius 1 is 1.13 bits per heavy atom. The van der Waals surface area contributed by atoms with Gasteiger partial charge in [-0.05, 0) is 43.0 Å². The molecule has 1 amide bonds. The van der Waals surface area contributed by atoms with Crippen LogP contribution in [0, 0.1) is 0 Å². The third kappa shape index (κ3) is 3.26. The molecule has 23 heavy (non-hydrogen) atoms. The highest BCUT2D eigenvalue weighted by molar-refractivity contribution is 5.97. The minimum Gasteiger partial charge on any atom is -0.441 e. The smallest absolute Gasteiger partial charge is 0.251 e. The van der Waals surface area contributed by atoms with Gasteiger partial charge in [0.2, 0.25) is 0 Å². The number of rotatable bonds is 5. The molecule has 1 N–H and O–H groups in total. The van der Waals surface area contributed by atoms with Gasteiger partial charge in [0, 0.05) is 18.0 Å². The SMILES string of the molecule is O=C(NC1CC1)c1ccc2nc(CCc3ccccc3)oc2c1. The van der Waals surface area contributed by atoms with Crippen LogP contribution in [-0.2, 0) is 12.8 Å². The van der Waals surface area contributed by atoms with E-state index in [0.717, 1.165) is 31.2 Å². The van der Waals surface area contributed by atoms with Crippen molar-refractivity contribution in [1.29, 1.82) is 0 Å². The van der Waals surface area contributed by atoms with E-state index in [1.165, 1.54) is 5.56 Å². The fourth-order valence-electron chi connectivity index (χ4n) is 2.61. The van der Waals surface area contributed by atoms with Gasteiger partial charge in [-0.15, -0.1) is 0 Å². The van der Waals surface area contributed by atoms with Gasteiger partial charge in [-0.1, -0.05) is 30.3 Å².